The second kappa shape index (κ2) is 9.73. The number of pyridine rings is 1. The molecule has 1 aliphatic heterocycles. The third kappa shape index (κ3) is 5.07. The van der Waals surface area contributed by atoms with Crippen LogP contribution in [0.4, 0.5) is 16.3 Å². The van der Waals surface area contributed by atoms with E-state index in [1.54, 1.807) is 6.07 Å². The molecular formula is C27H29N7O3S. The Morgan fingerprint density at radius 2 is 2.03 bits per heavy atom. The summed E-state index contributed by atoms with van der Waals surface area (Å²) in [4.78, 5) is 23.6. The van der Waals surface area contributed by atoms with Crippen LogP contribution in [0.5, 0.6) is 5.88 Å². The molecule has 1 aliphatic rings. The first-order chi connectivity index (χ1) is 18.3. The van der Waals surface area contributed by atoms with Crippen LogP contribution in [0.15, 0.2) is 53.2 Å². The number of ether oxygens (including phenoxy) is 1. The highest BCUT2D eigenvalue weighted by atomic mass is 32.1. The Balaban J connectivity index is 1.11. The highest BCUT2D eigenvalue weighted by Gasteiger charge is 2.20. The Morgan fingerprint density at radius 3 is 2.76 bits per heavy atom. The van der Waals surface area contributed by atoms with Gasteiger partial charge in [-0.3, -0.25) is 9.72 Å². The van der Waals surface area contributed by atoms with E-state index in [1.165, 1.54) is 17.8 Å². The molecule has 11 heteroatoms. The fourth-order valence-electron chi connectivity index (χ4n) is 4.36. The Kier molecular flexibility index (Phi) is 6.24. The van der Waals surface area contributed by atoms with Crippen molar-refractivity contribution in [3.63, 3.8) is 0 Å². The van der Waals surface area contributed by atoms with Crippen LogP contribution in [0.2, 0.25) is 0 Å². The average Bonchev–Trinajstić information content (AvgIpc) is 3.67. The molecule has 196 valence electrons. The number of thiazole rings is 1. The molecule has 1 fully saturated rings. The number of urea groups is 1. The third-order valence-electron chi connectivity index (χ3n) is 6.46. The van der Waals surface area contributed by atoms with Gasteiger partial charge in [0.05, 0.1) is 11.2 Å². The van der Waals surface area contributed by atoms with Crippen LogP contribution >= 0.6 is 11.3 Å². The summed E-state index contributed by atoms with van der Waals surface area (Å²) in [5.74, 6) is 1.71. The van der Waals surface area contributed by atoms with E-state index in [4.69, 9.17) is 14.2 Å². The monoisotopic (exact) mass is 531 g/mol. The first-order valence-corrected chi connectivity index (χ1v) is 13.4. The van der Waals surface area contributed by atoms with Gasteiger partial charge in [-0.1, -0.05) is 49.4 Å². The van der Waals surface area contributed by atoms with E-state index in [0.29, 0.717) is 35.8 Å². The molecular weight excluding hydrogens is 502 g/mol. The molecule has 1 saturated heterocycles. The number of hydrogen-bond donors (Lipinski definition) is 3. The minimum absolute atomic E-state index is 0.187. The van der Waals surface area contributed by atoms with Gasteiger partial charge in [0.1, 0.15) is 17.2 Å². The average molecular weight is 532 g/mol. The number of carbonyl (C=O) groups excluding carboxylic acids is 1. The van der Waals surface area contributed by atoms with Gasteiger partial charge in [0.15, 0.2) is 10.8 Å². The van der Waals surface area contributed by atoms with E-state index in [2.05, 4.69) is 26.1 Å². The molecule has 38 heavy (non-hydrogen) atoms. The van der Waals surface area contributed by atoms with Crippen LogP contribution < -0.4 is 20.7 Å². The number of amides is 2. The topological polar surface area (TPSA) is 119 Å². The van der Waals surface area contributed by atoms with E-state index < -0.39 is 6.03 Å². The van der Waals surface area contributed by atoms with Gasteiger partial charge >= 0.3 is 6.03 Å². The Labute approximate surface area is 223 Å². The maximum Gasteiger partial charge on any atom is 0.324 e. The zero-order valence-electron chi connectivity index (χ0n) is 21.4. The summed E-state index contributed by atoms with van der Waals surface area (Å²) in [6.45, 7) is 7.74. The molecule has 0 saturated carbocycles. The number of aromatic nitrogens is 4. The van der Waals surface area contributed by atoms with E-state index in [-0.39, 0.29) is 5.41 Å². The predicted octanol–water partition coefficient (Wildman–Crippen LogP) is 5.67. The van der Waals surface area contributed by atoms with Crippen molar-refractivity contribution in [3.05, 3.63) is 54.4 Å². The van der Waals surface area contributed by atoms with Crippen molar-refractivity contribution >= 4 is 44.2 Å². The molecule has 0 spiro atoms. The van der Waals surface area contributed by atoms with E-state index >= 15 is 0 Å². The lowest BCUT2D eigenvalue weighted by Gasteiger charge is -2.12. The van der Waals surface area contributed by atoms with Gasteiger partial charge in [-0.05, 0) is 37.6 Å². The van der Waals surface area contributed by atoms with Crippen LogP contribution in [0.3, 0.4) is 0 Å². The van der Waals surface area contributed by atoms with Crippen molar-refractivity contribution in [2.75, 3.05) is 23.8 Å². The maximum absolute atomic E-state index is 12.4. The van der Waals surface area contributed by atoms with Crippen molar-refractivity contribution in [2.45, 2.75) is 45.1 Å². The normalized spacial score (nSPS) is 15.8. The predicted molar refractivity (Wildman–Crippen MR) is 148 cm³/mol. The Hall–Kier alpha value is -3.96. The third-order valence-corrected chi connectivity index (χ3v) is 7.42. The number of hydrogen-bond acceptors (Lipinski definition) is 8. The molecule has 0 unspecified atom stereocenters. The highest BCUT2D eigenvalue weighted by Crippen LogP contribution is 2.30. The molecule has 5 heterocycles. The van der Waals surface area contributed by atoms with Gasteiger partial charge in [-0.25, -0.2) is 14.8 Å². The molecule has 5 aromatic rings. The minimum atomic E-state index is -0.393. The van der Waals surface area contributed by atoms with E-state index in [1.807, 2.05) is 67.8 Å². The first-order valence-electron chi connectivity index (χ1n) is 12.6. The molecule has 2 amide bonds. The smallest absolute Gasteiger partial charge is 0.324 e. The van der Waals surface area contributed by atoms with Crippen molar-refractivity contribution in [1.82, 2.24) is 24.8 Å². The zero-order valence-corrected chi connectivity index (χ0v) is 22.3. The fraction of sp³-hybridized carbons (Fsp3) is 0.333. The molecule has 0 bridgehead atoms. The number of nitrogens with zero attached hydrogens (tertiary/aromatic N) is 4. The van der Waals surface area contributed by atoms with Crippen LogP contribution in [-0.2, 0) is 5.41 Å². The van der Waals surface area contributed by atoms with Gasteiger partial charge in [0.25, 0.3) is 0 Å². The SMILES string of the molecule is CC(C)(C)c1cc(NC(=O)Nc2ccc(-c3cn4c(n3)sc3nc(OC[C@H]5CCCN5)ccc34)cc2)no1. The van der Waals surface area contributed by atoms with Gasteiger partial charge in [-0.15, -0.1) is 0 Å². The molecule has 10 nitrogen and oxygen atoms in total. The summed E-state index contributed by atoms with van der Waals surface area (Å²) in [6.07, 6.45) is 4.34. The Morgan fingerprint density at radius 1 is 1.18 bits per heavy atom. The lowest BCUT2D eigenvalue weighted by Crippen LogP contribution is -2.28. The largest absolute Gasteiger partial charge is 0.476 e. The summed E-state index contributed by atoms with van der Waals surface area (Å²) < 4.78 is 13.3. The lowest BCUT2D eigenvalue weighted by atomic mass is 9.93. The quantitative estimate of drug-likeness (QED) is 0.258. The molecule has 1 atom stereocenters. The number of nitrogens with one attached hydrogen (secondary N) is 3. The maximum atomic E-state index is 12.4. The van der Waals surface area contributed by atoms with Gasteiger partial charge in [0.2, 0.25) is 5.88 Å². The summed E-state index contributed by atoms with van der Waals surface area (Å²) in [7, 11) is 0. The van der Waals surface area contributed by atoms with E-state index in [9.17, 15) is 4.79 Å². The number of anilines is 2. The zero-order chi connectivity index (χ0) is 26.3. The number of imidazole rings is 1. The van der Waals surface area contributed by atoms with Gasteiger partial charge < -0.3 is 19.9 Å². The van der Waals surface area contributed by atoms with Gasteiger partial charge in [-0.2, -0.15) is 0 Å². The van der Waals surface area contributed by atoms with Crippen LogP contribution in [0.1, 0.15) is 39.4 Å². The van der Waals surface area contributed by atoms with Gasteiger partial charge in [0, 0.05) is 41.0 Å². The molecule has 1 aromatic carbocycles. The first kappa shape index (κ1) is 24.4. The highest BCUT2D eigenvalue weighted by molar-refractivity contribution is 7.23. The lowest BCUT2D eigenvalue weighted by molar-refractivity contribution is 0.262. The summed E-state index contributed by atoms with van der Waals surface area (Å²) in [5.41, 5.74) is 3.25. The number of benzene rings is 1. The van der Waals surface area contributed by atoms with E-state index in [0.717, 1.165) is 39.5 Å². The summed E-state index contributed by atoms with van der Waals surface area (Å²) >= 11 is 1.53. The second-order valence-corrected chi connectivity index (χ2v) is 11.4. The molecule has 3 N–H and O–H groups in total. The minimum Gasteiger partial charge on any atom is -0.476 e. The fourth-order valence-corrected chi connectivity index (χ4v) is 5.34. The standard InChI is InChI=1S/C27H29N7O3S/c1-27(2,3)21-13-22(33-37-21)31-25(35)29-17-8-6-16(7-9-17)19-14-34-20-10-11-23(32-24(20)38-26(34)30-19)36-15-18-5-4-12-28-18/h6-11,13-14,18,28H,4-5,12,15H2,1-3H3,(H2,29,31,33,35)/t18-/m1/s1. The van der Waals surface area contributed by atoms with Crippen molar-refractivity contribution in [1.29, 1.82) is 0 Å². The molecule has 6 rings (SSSR count). The molecule has 4 aromatic heterocycles. The Bertz CT molecular complexity index is 1590. The molecule has 0 aliphatic carbocycles. The number of rotatable bonds is 6. The number of carbonyl (C=O) groups is 1. The number of fused-ring (bicyclic) bond motifs is 3. The second-order valence-electron chi connectivity index (χ2n) is 10.4. The molecule has 0 radical (unpaired) electrons. The van der Waals surface area contributed by atoms with Crippen LogP contribution in [-0.4, -0.2) is 44.7 Å². The van der Waals surface area contributed by atoms with Crippen LogP contribution in [0.25, 0.3) is 26.6 Å². The summed E-state index contributed by atoms with van der Waals surface area (Å²) in [6, 6.07) is 13.2. The van der Waals surface area contributed by atoms with Crippen molar-refractivity contribution in [2.24, 2.45) is 0 Å². The van der Waals surface area contributed by atoms with Crippen molar-refractivity contribution < 1.29 is 14.1 Å². The van der Waals surface area contributed by atoms with Crippen LogP contribution in [0, 0.1) is 0 Å². The summed E-state index contributed by atoms with van der Waals surface area (Å²) in [5, 5.41) is 12.9. The van der Waals surface area contributed by atoms with Crippen molar-refractivity contribution in [3.8, 4) is 17.1 Å².